The van der Waals surface area contributed by atoms with Gasteiger partial charge in [-0.1, -0.05) is 29.3 Å². The topological polar surface area (TPSA) is 41.1 Å². The van der Waals surface area contributed by atoms with Gasteiger partial charge in [-0.3, -0.25) is 4.79 Å². The average molecular weight is 329 g/mol. The molecule has 1 aliphatic heterocycles. The van der Waals surface area contributed by atoms with E-state index in [1.165, 1.54) is 6.42 Å². The Kier molecular flexibility index (Phi) is 5.53. The molecule has 1 saturated heterocycles. The summed E-state index contributed by atoms with van der Waals surface area (Å²) in [5.74, 6) is 0.710. The fourth-order valence-corrected chi connectivity index (χ4v) is 2.96. The molecule has 1 fully saturated rings. The molecule has 21 heavy (non-hydrogen) atoms. The van der Waals surface area contributed by atoms with E-state index in [9.17, 15) is 4.79 Å². The van der Waals surface area contributed by atoms with Crippen molar-refractivity contribution in [2.24, 2.45) is 5.92 Å². The molecular weight excluding hydrogens is 307 g/mol. The molecule has 1 heterocycles. The van der Waals surface area contributed by atoms with Gasteiger partial charge in [-0.25, -0.2) is 0 Å². The Bertz CT molecular complexity index is 511. The molecule has 2 rings (SSSR count). The number of nitrogens with one attached hydrogen (secondary N) is 2. The second-order valence-electron chi connectivity index (χ2n) is 6.20. The minimum atomic E-state index is -0.459. The molecule has 0 aliphatic carbocycles. The van der Waals surface area contributed by atoms with Gasteiger partial charge < -0.3 is 10.6 Å². The molecule has 1 aromatic carbocycles. The maximum Gasteiger partial charge on any atom is 0.220 e. The first kappa shape index (κ1) is 16.6. The molecule has 1 unspecified atom stereocenters. The van der Waals surface area contributed by atoms with Crippen LogP contribution in [0, 0.1) is 5.92 Å². The Balaban J connectivity index is 1.92. The zero-order valence-corrected chi connectivity index (χ0v) is 14.0. The Morgan fingerprint density at radius 2 is 2.14 bits per heavy atom. The quantitative estimate of drug-likeness (QED) is 0.864. The van der Waals surface area contributed by atoms with Crippen LogP contribution in [0.5, 0.6) is 0 Å². The van der Waals surface area contributed by atoms with Crippen molar-refractivity contribution in [1.29, 1.82) is 0 Å². The molecule has 0 bridgehead atoms. The Morgan fingerprint density at radius 1 is 1.38 bits per heavy atom. The van der Waals surface area contributed by atoms with E-state index in [4.69, 9.17) is 23.2 Å². The van der Waals surface area contributed by atoms with Gasteiger partial charge in [0.05, 0.1) is 15.6 Å². The van der Waals surface area contributed by atoms with Crippen LogP contribution in [0.1, 0.15) is 38.7 Å². The monoisotopic (exact) mass is 328 g/mol. The Morgan fingerprint density at radius 3 is 2.76 bits per heavy atom. The second kappa shape index (κ2) is 6.99. The van der Waals surface area contributed by atoms with E-state index in [1.54, 1.807) is 6.07 Å². The number of carbonyl (C=O) groups excluding carboxylic acids is 1. The van der Waals surface area contributed by atoms with Gasteiger partial charge in [0.25, 0.3) is 0 Å². The molecule has 0 spiro atoms. The fourth-order valence-electron chi connectivity index (χ4n) is 2.66. The highest BCUT2D eigenvalue weighted by Crippen LogP contribution is 2.28. The number of amides is 1. The zero-order valence-electron chi connectivity index (χ0n) is 12.5. The maximum atomic E-state index is 12.2. The first-order valence-electron chi connectivity index (χ1n) is 7.36. The predicted molar refractivity (Wildman–Crippen MR) is 87.8 cm³/mol. The van der Waals surface area contributed by atoms with Crippen molar-refractivity contribution in [3.05, 3.63) is 33.8 Å². The lowest BCUT2D eigenvalue weighted by molar-refractivity contribution is -0.123. The van der Waals surface area contributed by atoms with Gasteiger partial charge in [-0.2, -0.15) is 0 Å². The summed E-state index contributed by atoms with van der Waals surface area (Å²) in [6, 6.07) is 5.47. The van der Waals surface area contributed by atoms with Crippen LogP contribution < -0.4 is 10.6 Å². The molecule has 1 aliphatic rings. The van der Waals surface area contributed by atoms with Crippen LogP contribution in [0.4, 0.5) is 0 Å². The van der Waals surface area contributed by atoms with Crippen LogP contribution in [-0.2, 0) is 10.3 Å². The first-order chi connectivity index (χ1) is 9.88. The first-order valence-corrected chi connectivity index (χ1v) is 8.11. The van der Waals surface area contributed by atoms with Gasteiger partial charge in [-0.05, 0) is 63.4 Å². The van der Waals surface area contributed by atoms with E-state index in [0.29, 0.717) is 22.4 Å². The van der Waals surface area contributed by atoms with E-state index < -0.39 is 5.54 Å². The molecule has 1 atom stereocenters. The second-order valence-corrected chi connectivity index (χ2v) is 7.01. The van der Waals surface area contributed by atoms with Crippen molar-refractivity contribution < 1.29 is 4.79 Å². The standard InChI is InChI=1S/C16H22Cl2N2O/c1-16(2,12-4-5-13(17)14(18)9-12)20-15(21)6-3-11-7-8-19-10-11/h4-5,9,11,19H,3,6-8,10H2,1-2H3,(H,20,21). The molecular formula is C16H22Cl2N2O. The highest BCUT2D eigenvalue weighted by atomic mass is 35.5. The molecule has 5 heteroatoms. The van der Waals surface area contributed by atoms with Crippen LogP contribution >= 0.6 is 23.2 Å². The summed E-state index contributed by atoms with van der Waals surface area (Å²) in [4.78, 5) is 12.2. The SMILES string of the molecule is CC(C)(NC(=O)CCC1CCNC1)c1ccc(Cl)c(Cl)c1. The molecule has 0 aromatic heterocycles. The van der Waals surface area contributed by atoms with Crippen molar-refractivity contribution in [3.8, 4) is 0 Å². The summed E-state index contributed by atoms with van der Waals surface area (Å²) in [5.41, 5.74) is 0.493. The fraction of sp³-hybridized carbons (Fsp3) is 0.562. The van der Waals surface area contributed by atoms with Gasteiger partial charge in [0.2, 0.25) is 5.91 Å². The number of carbonyl (C=O) groups is 1. The van der Waals surface area contributed by atoms with E-state index in [1.807, 2.05) is 26.0 Å². The zero-order chi connectivity index (χ0) is 15.5. The Labute approximate surface area is 136 Å². The van der Waals surface area contributed by atoms with E-state index in [-0.39, 0.29) is 5.91 Å². The van der Waals surface area contributed by atoms with E-state index in [0.717, 1.165) is 25.1 Å². The van der Waals surface area contributed by atoms with Crippen LogP contribution in [0.2, 0.25) is 10.0 Å². The van der Waals surface area contributed by atoms with Gasteiger partial charge >= 0.3 is 0 Å². The smallest absolute Gasteiger partial charge is 0.220 e. The third-order valence-corrected chi connectivity index (χ3v) is 4.77. The number of benzene rings is 1. The van der Waals surface area contributed by atoms with Crippen molar-refractivity contribution >= 4 is 29.1 Å². The van der Waals surface area contributed by atoms with Gasteiger partial charge in [0.15, 0.2) is 0 Å². The lowest BCUT2D eigenvalue weighted by atomic mass is 9.93. The van der Waals surface area contributed by atoms with Crippen molar-refractivity contribution in [2.75, 3.05) is 13.1 Å². The molecule has 1 amide bonds. The summed E-state index contributed by atoms with van der Waals surface area (Å²) in [6.07, 6.45) is 2.68. The molecule has 0 saturated carbocycles. The van der Waals surface area contributed by atoms with Gasteiger partial charge in [0, 0.05) is 6.42 Å². The summed E-state index contributed by atoms with van der Waals surface area (Å²) in [7, 11) is 0. The van der Waals surface area contributed by atoms with Gasteiger partial charge in [-0.15, -0.1) is 0 Å². The summed E-state index contributed by atoms with van der Waals surface area (Å²) in [6.45, 7) is 6.05. The summed E-state index contributed by atoms with van der Waals surface area (Å²) >= 11 is 12.0. The minimum Gasteiger partial charge on any atom is -0.347 e. The third kappa shape index (κ3) is 4.60. The largest absolute Gasteiger partial charge is 0.347 e. The minimum absolute atomic E-state index is 0.0815. The van der Waals surface area contributed by atoms with Crippen LogP contribution in [0.3, 0.4) is 0 Å². The van der Waals surface area contributed by atoms with Gasteiger partial charge in [0.1, 0.15) is 0 Å². The molecule has 3 nitrogen and oxygen atoms in total. The maximum absolute atomic E-state index is 12.2. The van der Waals surface area contributed by atoms with Crippen LogP contribution in [0.15, 0.2) is 18.2 Å². The van der Waals surface area contributed by atoms with Crippen LogP contribution in [0.25, 0.3) is 0 Å². The summed E-state index contributed by atoms with van der Waals surface area (Å²) < 4.78 is 0. The average Bonchev–Trinajstić information content (AvgIpc) is 2.92. The summed E-state index contributed by atoms with van der Waals surface area (Å²) in [5, 5.41) is 7.44. The number of hydrogen-bond donors (Lipinski definition) is 2. The number of halogens is 2. The highest BCUT2D eigenvalue weighted by molar-refractivity contribution is 6.42. The van der Waals surface area contributed by atoms with E-state index >= 15 is 0 Å². The molecule has 2 N–H and O–H groups in total. The van der Waals surface area contributed by atoms with Crippen molar-refractivity contribution in [2.45, 2.75) is 38.6 Å². The predicted octanol–water partition coefficient (Wildman–Crippen LogP) is 3.73. The third-order valence-electron chi connectivity index (χ3n) is 4.04. The highest BCUT2D eigenvalue weighted by Gasteiger charge is 2.24. The van der Waals surface area contributed by atoms with Crippen molar-refractivity contribution in [3.63, 3.8) is 0 Å². The van der Waals surface area contributed by atoms with E-state index in [2.05, 4.69) is 10.6 Å². The van der Waals surface area contributed by atoms with Crippen molar-refractivity contribution in [1.82, 2.24) is 10.6 Å². The molecule has 1 aromatic rings. The normalized spacial score (nSPS) is 18.8. The van der Waals surface area contributed by atoms with Crippen LogP contribution in [-0.4, -0.2) is 19.0 Å². The molecule has 0 radical (unpaired) electrons. The lowest BCUT2D eigenvalue weighted by Crippen LogP contribution is -2.41. The molecule has 116 valence electrons. The lowest BCUT2D eigenvalue weighted by Gasteiger charge is -2.27. The number of hydrogen-bond acceptors (Lipinski definition) is 2. The Hall–Kier alpha value is -0.770. The number of rotatable bonds is 5.